The first kappa shape index (κ1) is 10.3. The molecule has 0 spiro atoms. The van der Waals surface area contributed by atoms with Crippen molar-refractivity contribution in [2.75, 3.05) is 0 Å². The third-order valence-electron chi connectivity index (χ3n) is 2.29. The number of rotatable bonds is 2. The number of benzene rings is 1. The van der Waals surface area contributed by atoms with Crippen molar-refractivity contribution in [3.05, 3.63) is 54.0 Å². The van der Waals surface area contributed by atoms with Crippen molar-refractivity contribution in [1.82, 2.24) is 4.98 Å². The second-order valence-corrected chi connectivity index (χ2v) is 3.33. The van der Waals surface area contributed by atoms with E-state index in [1.165, 1.54) is 12.3 Å². The molecule has 0 amide bonds. The molecule has 0 aliphatic rings. The van der Waals surface area contributed by atoms with Gasteiger partial charge < -0.3 is 0 Å². The third-order valence-corrected chi connectivity index (χ3v) is 2.29. The van der Waals surface area contributed by atoms with Crippen molar-refractivity contribution < 1.29 is 4.39 Å². The molecule has 0 atom stereocenters. The second kappa shape index (κ2) is 4.54. The molecule has 0 saturated carbocycles. The number of halogens is 1. The third kappa shape index (κ3) is 1.91. The highest BCUT2D eigenvalue weighted by Crippen LogP contribution is 2.22. The van der Waals surface area contributed by atoms with Gasteiger partial charge >= 0.3 is 0 Å². The number of hydrogen-bond donors (Lipinski definition) is 0. The Labute approximate surface area is 93.0 Å². The maximum atomic E-state index is 13.9. The van der Waals surface area contributed by atoms with Crippen LogP contribution < -0.4 is 0 Å². The van der Waals surface area contributed by atoms with Gasteiger partial charge in [0.1, 0.15) is 5.69 Å². The van der Waals surface area contributed by atoms with Gasteiger partial charge in [0.2, 0.25) is 0 Å². The van der Waals surface area contributed by atoms with E-state index in [9.17, 15) is 4.39 Å². The van der Waals surface area contributed by atoms with Gasteiger partial charge in [-0.05, 0) is 6.07 Å². The molecule has 1 aromatic heterocycles. The van der Waals surface area contributed by atoms with Gasteiger partial charge in [-0.15, -0.1) is 0 Å². The van der Waals surface area contributed by atoms with Gasteiger partial charge in [-0.25, -0.2) is 4.39 Å². The van der Waals surface area contributed by atoms with E-state index in [1.54, 1.807) is 12.1 Å². The quantitative estimate of drug-likeness (QED) is 0.767. The highest BCUT2D eigenvalue weighted by atomic mass is 19.1. The number of pyridine rings is 1. The van der Waals surface area contributed by atoms with Crippen LogP contribution >= 0.6 is 0 Å². The Bertz CT molecular complexity index is 529. The highest BCUT2D eigenvalue weighted by Gasteiger charge is 2.10. The molecule has 0 fully saturated rings. The zero-order chi connectivity index (χ0) is 11.4. The smallest absolute Gasteiger partial charge is 0.153 e. The number of nitriles is 1. The van der Waals surface area contributed by atoms with Gasteiger partial charge in [0.25, 0.3) is 0 Å². The average molecular weight is 212 g/mol. The summed E-state index contributed by atoms with van der Waals surface area (Å²) in [5.41, 5.74) is 1.41. The molecule has 2 rings (SSSR count). The molecule has 78 valence electrons. The number of nitrogens with zero attached hydrogens (tertiary/aromatic N) is 2. The SMILES string of the molecule is N#CCc1ccnc(-c2ccccc2)c1F. The molecule has 0 N–H and O–H groups in total. The van der Waals surface area contributed by atoms with Gasteiger partial charge in [0.15, 0.2) is 5.82 Å². The molecule has 3 heteroatoms. The van der Waals surface area contributed by atoms with Crippen LogP contribution in [0.1, 0.15) is 5.56 Å². The standard InChI is InChI=1S/C13H9FN2/c14-12-10(6-8-15)7-9-16-13(12)11-4-2-1-3-5-11/h1-5,7,9H,6H2. The first-order valence-corrected chi connectivity index (χ1v) is 4.88. The van der Waals surface area contributed by atoms with Gasteiger partial charge in [0.05, 0.1) is 12.5 Å². The van der Waals surface area contributed by atoms with E-state index in [1.807, 2.05) is 24.3 Å². The van der Waals surface area contributed by atoms with Crippen molar-refractivity contribution in [1.29, 1.82) is 5.26 Å². The predicted octanol–water partition coefficient (Wildman–Crippen LogP) is 2.95. The minimum atomic E-state index is -0.407. The fourth-order valence-corrected chi connectivity index (χ4v) is 1.50. The summed E-state index contributed by atoms with van der Waals surface area (Å²) in [4.78, 5) is 4.01. The normalized spacial score (nSPS) is 9.75. The van der Waals surface area contributed by atoms with Crippen molar-refractivity contribution >= 4 is 0 Å². The van der Waals surface area contributed by atoms with E-state index in [-0.39, 0.29) is 6.42 Å². The molecule has 2 nitrogen and oxygen atoms in total. The average Bonchev–Trinajstić information content (AvgIpc) is 2.33. The summed E-state index contributed by atoms with van der Waals surface area (Å²) < 4.78 is 13.9. The van der Waals surface area contributed by atoms with Crippen LogP contribution in [0.15, 0.2) is 42.6 Å². The lowest BCUT2D eigenvalue weighted by molar-refractivity contribution is 0.613. The Morgan fingerprint density at radius 3 is 2.62 bits per heavy atom. The van der Waals surface area contributed by atoms with E-state index < -0.39 is 5.82 Å². The Hall–Kier alpha value is -2.21. The van der Waals surface area contributed by atoms with Gasteiger partial charge in [-0.3, -0.25) is 4.98 Å². The Kier molecular flexibility index (Phi) is 2.93. The molecule has 0 unspecified atom stereocenters. The fourth-order valence-electron chi connectivity index (χ4n) is 1.50. The highest BCUT2D eigenvalue weighted by molar-refractivity contribution is 5.60. The van der Waals surface area contributed by atoms with E-state index in [0.717, 1.165) is 5.56 Å². The van der Waals surface area contributed by atoms with Crippen LogP contribution in [0.25, 0.3) is 11.3 Å². The molecule has 1 aromatic carbocycles. The van der Waals surface area contributed by atoms with E-state index in [4.69, 9.17) is 5.26 Å². The Morgan fingerprint density at radius 1 is 1.19 bits per heavy atom. The minimum absolute atomic E-state index is 0.0637. The molecule has 0 radical (unpaired) electrons. The van der Waals surface area contributed by atoms with Crippen molar-refractivity contribution in [2.45, 2.75) is 6.42 Å². The van der Waals surface area contributed by atoms with E-state index >= 15 is 0 Å². The maximum absolute atomic E-state index is 13.9. The summed E-state index contributed by atoms with van der Waals surface area (Å²) in [6.07, 6.45) is 1.59. The van der Waals surface area contributed by atoms with E-state index in [2.05, 4.69) is 4.98 Å². The molecule has 0 aliphatic heterocycles. The molecule has 2 aromatic rings. The number of hydrogen-bond acceptors (Lipinski definition) is 2. The topological polar surface area (TPSA) is 36.7 Å². The lowest BCUT2D eigenvalue weighted by Crippen LogP contribution is -1.95. The zero-order valence-electron chi connectivity index (χ0n) is 8.52. The van der Waals surface area contributed by atoms with Gasteiger partial charge in [-0.1, -0.05) is 30.3 Å². The first-order valence-electron chi connectivity index (χ1n) is 4.88. The van der Waals surface area contributed by atoms with Crippen LogP contribution in [0.2, 0.25) is 0 Å². The summed E-state index contributed by atoms with van der Waals surface area (Å²) in [6.45, 7) is 0. The fraction of sp³-hybridized carbons (Fsp3) is 0.0769. The van der Waals surface area contributed by atoms with Crippen molar-refractivity contribution in [3.8, 4) is 17.3 Å². The Balaban J connectivity index is 2.51. The maximum Gasteiger partial charge on any atom is 0.153 e. The van der Waals surface area contributed by atoms with E-state index in [0.29, 0.717) is 11.3 Å². The summed E-state index contributed by atoms with van der Waals surface area (Å²) in [5.74, 6) is -0.407. The molecule has 1 heterocycles. The molecular formula is C13H9FN2. The van der Waals surface area contributed by atoms with Crippen molar-refractivity contribution in [2.24, 2.45) is 0 Å². The molecule has 0 aliphatic carbocycles. The summed E-state index contributed by atoms with van der Waals surface area (Å²) in [7, 11) is 0. The van der Waals surface area contributed by atoms with Crippen LogP contribution in [0, 0.1) is 17.1 Å². The zero-order valence-corrected chi connectivity index (χ0v) is 8.52. The minimum Gasteiger partial charge on any atom is -0.253 e. The second-order valence-electron chi connectivity index (χ2n) is 3.33. The van der Waals surface area contributed by atoms with Gasteiger partial charge in [-0.2, -0.15) is 5.26 Å². The molecule has 0 bridgehead atoms. The van der Waals surface area contributed by atoms with Crippen LogP contribution in [0.4, 0.5) is 4.39 Å². The lowest BCUT2D eigenvalue weighted by atomic mass is 10.1. The number of aromatic nitrogens is 1. The van der Waals surface area contributed by atoms with Crippen LogP contribution in [-0.4, -0.2) is 4.98 Å². The Morgan fingerprint density at radius 2 is 1.94 bits per heavy atom. The van der Waals surface area contributed by atoms with Crippen LogP contribution in [0.3, 0.4) is 0 Å². The summed E-state index contributed by atoms with van der Waals surface area (Å²) in [6, 6.07) is 12.6. The summed E-state index contributed by atoms with van der Waals surface area (Å²) in [5, 5.41) is 8.57. The first-order chi connectivity index (χ1) is 7.83. The largest absolute Gasteiger partial charge is 0.253 e. The molecular weight excluding hydrogens is 203 g/mol. The van der Waals surface area contributed by atoms with Gasteiger partial charge in [0, 0.05) is 17.3 Å². The predicted molar refractivity (Wildman–Crippen MR) is 58.9 cm³/mol. The van der Waals surface area contributed by atoms with Crippen molar-refractivity contribution in [3.63, 3.8) is 0 Å². The molecule has 16 heavy (non-hydrogen) atoms. The monoisotopic (exact) mass is 212 g/mol. The summed E-state index contributed by atoms with van der Waals surface area (Å²) >= 11 is 0. The molecule has 0 saturated heterocycles. The van der Waals surface area contributed by atoms with Crippen LogP contribution in [0.5, 0.6) is 0 Å². The lowest BCUT2D eigenvalue weighted by Gasteiger charge is -2.04. The van der Waals surface area contributed by atoms with Crippen LogP contribution in [-0.2, 0) is 6.42 Å².